The van der Waals surface area contributed by atoms with Gasteiger partial charge in [0.15, 0.2) is 0 Å². The Morgan fingerprint density at radius 3 is 2.60 bits per heavy atom. The Hall–Kier alpha value is -1.67. The van der Waals surface area contributed by atoms with Gasteiger partial charge >= 0.3 is 0 Å². The fraction of sp³-hybridized carbons (Fsp3) is 0.471. The molecule has 0 aliphatic rings. The lowest BCUT2D eigenvalue weighted by atomic mass is 10.1. The third kappa shape index (κ3) is 5.40. The van der Waals surface area contributed by atoms with Crippen LogP contribution in [0.4, 0.5) is 0 Å². The van der Waals surface area contributed by atoms with Crippen molar-refractivity contribution in [2.75, 3.05) is 0 Å². The maximum absolute atomic E-state index is 12.0. The summed E-state index contributed by atoms with van der Waals surface area (Å²) < 4.78 is 2.87. The smallest absolute Gasteiger partial charge is 0.273 e. The number of aryl methyl sites for hydroxylation is 1. The summed E-state index contributed by atoms with van der Waals surface area (Å²) in [5.74, 6) is -0.0257. The largest absolute Gasteiger partial charge is 0.279 e. The predicted molar refractivity (Wildman–Crippen MR) is 102 cm³/mol. The zero-order valence-electron chi connectivity index (χ0n) is 14.9. The Kier molecular flexibility index (Phi) is 6.78. The molecule has 0 aliphatic heterocycles. The summed E-state index contributed by atoms with van der Waals surface area (Å²) in [6, 6.07) is 3.49. The SMILES string of the molecule is Cc1nn(CC(C)C)c(C)c1CCC(=O)NNC(=O)c1ccc(Br)s1. The van der Waals surface area contributed by atoms with Crippen molar-refractivity contribution in [3.63, 3.8) is 0 Å². The number of amides is 2. The molecule has 0 aliphatic carbocycles. The van der Waals surface area contributed by atoms with Gasteiger partial charge in [-0.25, -0.2) is 0 Å². The first-order valence-electron chi connectivity index (χ1n) is 8.15. The Bertz CT molecular complexity index is 767. The van der Waals surface area contributed by atoms with Gasteiger partial charge in [-0.15, -0.1) is 11.3 Å². The Labute approximate surface area is 160 Å². The lowest BCUT2D eigenvalue weighted by molar-refractivity contribution is -0.121. The molecule has 2 aromatic rings. The molecule has 8 heteroatoms. The molecule has 25 heavy (non-hydrogen) atoms. The Morgan fingerprint density at radius 2 is 2.00 bits per heavy atom. The predicted octanol–water partition coefficient (Wildman–Crippen LogP) is 3.37. The minimum absolute atomic E-state index is 0.223. The summed E-state index contributed by atoms with van der Waals surface area (Å²) in [4.78, 5) is 24.4. The van der Waals surface area contributed by atoms with E-state index in [-0.39, 0.29) is 11.8 Å². The number of nitrogens with one attached hydrogen (secondary N) is 2. The normalized spacial score (nSPS) is 11.0. The fourth-order valence-electron chi connectivity index (χ4n) is 2.54. The average Bonchev–Trinajstić information content (AvgIpc) is 3.07. The van der Waals surface area contributed by atoms with E-state index in [0.717, 1.165) is 27.3 Å². The lowest BCUT2D eigenvalue weighted by Crippen LogP contribution is -2.41. The molecule has 2 amide bonds. The molecule has 0 unspecified atom stereocenters. The highest BCUT2D eigenvalue weighted by molar-refractivity contribution is 9.11. The lowest BCUT2D eigenvalue weighted by Gasteiger charge is -2.08. The third-order valence-electron chi connectivity index (χ3n) is 3.78. The van der Waals surface area contributed by atoms with Crippen molar-refractivity contribution in [3.8, 4) is 0 Å². The van der Waals surface area contributed by atoms with Crippen LogP contribution in [0.5, 0.6) is 0 Å². The number of hydrogen-bond donors (Lipinski definition) is 2. The number of halogens is 1. The van der Waals surface area contributed by atoms with Gasteiger partial charge in [-0.2, -0.15) is 5.10 Å². The van der Waals surface area contributed by atoms with Crippen LogP contribution in [0.3, 0.4) is 0 Å². The Morgan fingerprint density at radius 1 is 1.28 bits per heavy atom. The van der Waals surface area contributed by atoms with E-state index >= 15 is 0 Å². The summed E-state index contributed by atoms with van der Waals surface area (Å²) in [5, 5.41) is 4.56. The van der Waals surface area contributed by atoms with Crippen LogP contribution in [0.25, 0.3) is 0 Å². The molecule has 2 rings (SSSR count). The van der Waals surface area contributed by atoms with Gasteiger partial charge in [0.05, 0.1) is 14.4 Å². The maximum atomic E-state index is 12.0. The average molecular weight is 427 g/mol. The first kappa shape index (κ1) is 19.7. The molecule has 0 bridgehead atoms. The second-order valence-corrected chi connectivity index (χ2v) is 8.79. The van der Waals surface area contributed by atoms with E-state index in [4.69, 9.17) is 0 Å². The molecule has 2 heterocycles. The van der Waals surface area contributed by atoms with Gasteiger partial charge in [0, 0.05) is 18.7 Å². The summed E-state index contributed by atoms with van der Waals surface area (Å²) in [6.45, 7) is 9.17. The molecular formula is C17H23BrN4O2S. The van der Waals surface area contributed by atoms with Crippen molar-refractivity contribution < 1.29 is 9.59 Å². The molecule has 6 nitrogen and oxygen atoms in total. The van der Waals surface area contributed by atoms with E-state index in [2.05, 4.69) is 45.7 Å². The van der Waals surface area contributed by atoms with Crippen LogP contribution in [0.15, 0.2) is 15.9 Å². The van der Waals surface area contributed by atoms with Crippen LogP contribution in [-0.4, -0.2) is 21.6 Å². The monoisotopic (exact) mass is 426 g/mol. The number of carbonyl (C=O) groups excluding carboxylic acids is 2. The zero-order chi connectivity index (χ0) is 18.6. The van der Waals surface area contributed by atoms with Gasteiger partial charge in [-0.1, -0.05) is 13.8 Å². The molecule has 0 spiro atoms. The summed E-state index contributed by atoms with van der Waals surface area (Å²) in [7, 11) is 0. The fourth-order valence-corrected chi connectivity index (χ4v) is 3.83. The van der Waals surface area contributed by atoms with Gasteiger partial charge in [-0.3, -0.25) is 25.1 Å². The van der Waals surface area contributed by atoms with Gasteiger partial charge in [-0.05, 0) is 59.8 Å². The van der Waals surface area contributed by atoms with Crippen molar-refractivity contribution in [1.29, 1.82) is 0 Å². The van der Waals surface area contributed by atoms with Crippen LogP contribution in [0.2, 0.25) is 0 Å². The van der Waals surface area contributed by atoms with Crippen LogP contribution in [0.1, 0.15) is 46.9 Å². The van der Waals surface area contributed by atoms with Crippen molar-refractivity contribution >= 4 is 39.1 Å². The van der Waals surface area contributed by atoms with Crippen molar-refractivity contribution in [1.82, 2.24) is 20.6 Å². The number of nitrogens with zero attached hydrogens (tertiary/aromatic N) is 2. The van der Waals surface area contributed by atoms with Gasteiger partial charge in [0.2, 0.25) is 5.91 Å². The molecule has 0 aromatic carbocycles. The molecule has 0 saturated carbocycles. The topological polar surface area (TPSA) is 76.0 Å². The van der Waals surface area contributed by atoms with E-state index in [9.17, 15) is 9.59 Å². The number of thiophene rings is 1. The number of rotatable bonds is 6. The van der Waals surface area contributed by atoms with E-state index in [1.54, 1.807) is 12.1 Å². The number of carbonyl (C=O) groups is 2. The molecule has 2 aromatic heterocycles. The quantitative estimate of drug-likeness (QED) is 0.695. The Balaban J connectivity index is 1.86. The summed E-state index contributed by atoms with van der Waals surface area (Å²) in [5.41, 5.74) is 8.06. The maximum Gasteiger partial charge on any atom is 0.279 e. The third-order valence-corrected chi connectivity index (χ3v) is 5.41. The summed E-state index contributed by atoms with van der Waals surface area (Å²) >= 11 is 4.62. The van der Waals surface area contributed by atoms with Gasteiger partial charge < -0.3 is 0 Å². The second-order valence-electron chi connectivity index (χ2n) is 6.33. The number of hydrazine groups is 1. The highest BCUT2D eigenvalue weighted by atomic mass is 79.9. The minimum Gasteiger partial charge on any atom is -0.273 e. The van der Waals surface area contributed by atoms with Gasteiger partial charge in [0.1, 0.15) is 0 Å². The highest BCUT2D eigenvalue weighted by Gasteiger charge is 2.14. The van der Waals surface area contributed by atoms with E-state index < -0.39 is 0 Å². The van der Waals surface area contributed by atoms with E-state index in [0.29, 0.717) is 23.6 Å². The van der Waals surface area contributed by atoms with Crippen molar-refractivity contribution in [3.05, 3.63) is 37.7 Å². The van der Waals surface area contributed by atoms with E-state index in [1.165, 1.54) is 11.3 Å². The van der Waals surface area contributed by atoms with E-state index in [1.807, 2.05) is 18.5 Å². The minimum atomic E-state index is -0.318. The van der Waals surface area contributed by atoms with Crippen LogP contribution in [-0.2, 0) is 17.8 Å². The van der Waals surface area contributed by atoms with Crippen LogP contribution < -0.4 is 10.9 Å². The molecule has 0 radical (unpaired) electrons. The number of aromatic nitrogens is 2. The molecule has 0 fully saturated rings. The molecule has 0 saturated heterocycles. The molecule has 136 valence electrons. The number of hydrogen-bond acceptors (Lipinski definition) is 4. The van der Waals surface area contributed by atoms with Gasteiger partial charge in [0.25, 0.3) is 5.91 Å². The van der Waals surface area contributed by atoms with Crippen molar-refractivity contribution in [2.45, 2.75) is 47.1 Å². The summed E-state index contributed by atoms with van der Waals surface area (Å²) in [6.07, 6.45) is 0.894. The molecule has 0 atom stereocenters. The van der Waals surface area contributed by atoms with Crippen LogP contribution >= 0.6 is 27.3 Å². The highest BCUT2D eigenvalue weighted by Crippen LogP contribution is 2.21. The zero-order valence-corrected chi connectivity index (χ0v) is 17.3. The second kappa shape index (κ2) is 8.62. The standard InChI is InChI=1S/C17H23BrN4O2S/c1-10(2)9-22-12(4)13(11(3)21-22)5-8-16(23)19-20-17(24)14-6-7-15(18)25-14/h6-7,10H,5,8-9H2,1-4H3,(H,19,23)(H,20,24). The first-order chi connectivity index (χ1) is 11.8. The molecule has 2 N–H and O–H groups in total. The first-order valence-corrected chi connectivity index (χ1v) is 9.76. The van der Waals surface area contributed by atoms with Crippen molar-refractivity contribution in [2.24, 2.45) is 5.92 Å². The van der Waals surface area contributed by atoms with Crippen LogP contribution in [0, 0.1) is 19.8 Å². The molecular weight excluding hydrogens is 404 g/mol.